The first-order valence-corrected chi connectivity index (χ1v) is 10.4. The predicted molar refractivity (Wildman–Crippen MR) is 108 cm³/mol. The molecular weight excluding hydrogens is 338 g/mol. The number of amides is 1. The van der Waals surface area contributed by atoms with Gasteiger partial charge in [-0.1, -0.05) is 18.2 Å². The fourth-order valence-corrected chi connectivity index (χ4v) is 4.47. The number of carbonyl (C=O) groups is 1. The van der Waals surface area contributed by atoms with Crippen LogP contribution < -0.4 is 5.32 Å². The first kappa shape index (κ1) is 18.5. The van der Waals surface area contributed by atoms with Gasteiger partial charge < -0.3 is 14.6 Å². The Hall–Kier alpha value is -1.85. The van der Waals surface area contributed by atoms with Crippen LogP contribution in [0.3, 0.4) is 0 Å². The lowest BCUT2D eigenvalue weighted by Gasteiger charge is -2.31. The van der Waals surface area contributed by atoms with E-state index in [0.29, 0.717) is 6.54 Å². The highest BCUT2D eigenvalue weighted by atomic mass is 16.5. The van der Waals surface area contributed by atoms with E-state index in [9.17, 15) is 4.79 Å². The molecule has 2 saturated heterocycles. The van der Waals surface area contributed by atoms with Crippen LogP contribution >= 0.6 is 0 Å². The molecule has 0 spiro atoms. The van der Waals surface area contributed by atoms with Gasteiger partial charge in [0.05, 0.1) is 6.10 Å². The number of aromatic nitrogens is 1. The van der Waals surface area contributed by atoms with Crippen molar-refractivity contribution >= 4 is 16.8 Å². The monoisotopic (exact) mass is 369 g/mol. The molecule has 2 aliphatic rings. The zero-order valence-electron chi connectivity index (χ0n) is 16.3. The van der Waals surface area contributed by atoms with Gasteiger partial charge in [0, 0.05) is 49.3 Å². The number of likely N-dealkylation sites (tertiary alicyclic amines) is 1. The van der Waals surface area contributed by atoms with Crippen LogP contribution in [0.4, 0.5) is 0 Å². The lowest BCUT2D eigenvalue weighted by molar-refractivity contribution is -0.127. The molecule has 1 atom stereocenters. The Morgan fingerprint density at radius 2 is 2.04 bits per heavy atom. The van der Waals surface area contributed by atoms with Crippen LogP contribution in [0.2, 0.25) is 0 Å². The van der Waals surface area contributed by atoms with Crippen molar-refractivity contribution in [1.29, 1.82) is 0 Å². The van der Waals surface area contributed by atoms with Crippen LogP contribution in [-0.2, 0) is 22.6 Å². The molecule has 5 heteroatoms. The number of piperidine rings is 1. The Kier molecular flexibility index (Phi) is 5.79. The van der Waals surface area contributed by atoms with Crippen molar-refractivity contribution in [3.63, 3.8) is 0 Å². The van der Waals surface area contributed by atoms with E-state index in [4.69, 9.17) is 4.74 Å². The van der Waals surface area contributed by atoms with E-state index >= 15 is 0 Å². The lowest BCUT2D eigenvalue weighted by atomic mass is 9.95. The van der Waals surface area contributed by atoms with Crippen molar-refractivity contribution in [2.75, 3.05) is 26.2 Å². The SMILES string of the molecule is CCn1cc(CN2CCC(C(=O)NC[C@@H]3CCCO3)CC2)c2ccccc21. The number of benzene rings is 1. The van der Waals surface area contributed by atoms with Crippen LogP contribution in [0.15, 0.2) is 30.5 Å². The molecule has 4 rings (SSSR count). The van der Waals surface area contributed by atoms with E-state index in [2.05, 4.69) is 52.2 Å². The van der Waals surface area contributed by atoms with E-state index in [1.54, 1.807) is 0 Å². The van der Waals surface area contributed by atoms with Gasteiger partial charge in [0.15, 0.2) is 0 Å². The maximum Gasteiger partial charge on any atom is 0.223 e. The summed E-state index contributed by atoms with van der Waals surface area (Å²) in [6, 6.07) is 8.66. The van der Waals surface area contributed by atoms with Gasteiger partial charge in [0.2, 0.25) is 5.91 Å². The Bertz CT molecular complexity index is 771. The van der Waals surface area contributed by atoms with Gasteiger partial charge in [-0.25, -0.2) is 0 Å². The molecule has 146 valence electrons. The van der Waals surface area contributed by atoms with Crippen molar-refractivity contribution in [3.8, 4) is 0 Å². The predicted octanol–water partition coefficient (Wildman–Crippen LogP) is 3.17. The first-order chi connectivity index (χ1) is 13.2. The van der Waals surface area contributed by atoms with E-state index < -0.39 is 0 Å². The number of para-hydroxylation sites is 1. The second kappa shape index (κ2) is 8.44. The standard InChI is InChI=1S/C22H31N3O2/c1-2-25-16-18(20-7-3-4-8-21(20)25)15-24-11-9-17(10-12-24)22(26)23-14-19-6-5-13-27-19/h3-4,7-8,16-17,19H,2,5-6,9-15H2,1H3,(H,23,26)/t19-/m0/s1. The number of hydrogen-bond donors (Lipinski definition) is 1. The molecule has 1 aromatic carbocycles. The number of ether oxygens (including phenoxy) is 1. The Balaban J connectivity index is 1.30. The summed E-state index contributed by atoms with van der Waals surface area (Å²) in [6.07, 6.45) is 6.61. The Labute approximate surface area is 161 Å². The highest BCUT2D eigenvalue weighted by molar-refractivity contribution is 5.84. The normalized spacial score (nSPS) is 21.7. The van der Waals surface area contributed by atoms with Crippen LogP contribution in [0, 0.1) is 5.92 Å². The number of rotatable bonds is 6. The van der Waals surface area contributed by atoms with E-state index in [1.807, 2.05) is 0 Å². The number of hydrogen-bond acceptors (Lipinski definition) is 3. The third-order valence-corrected chi connectivity index (χ3v) is 6.09. The summed E-state index contributed by atoms with van der Waals surface area (Å²) in [7, 11) is 0. The van der Waals surface area contributed by atoms with Gasteiger partial charge in [-0.15, -0.1) is 0 Å². The van der Waals surface area contributed by atoms with Gasteiger partial charge in [-0.3, -0.25) is 9.69 Å². The molecule has 2 fully saturated rings. The average Bonchev–Trinajstić information content (AvgIpc) is 3.35. The molecule has 3 heterocycles. The molecule has 0 radical (unpaired) electrons. The Morgan fingerprint density at radius 3 is 2.78 bits per heavy atom. The smallest absolute Gasteiger partial charge is 0.223 e. The molecule has 0 unspecified atom stereocenters. The van der Waals surface area contributed by atoms with Gasteiger partial charge in [-0.05, 0) is 57.3 Å². The third-order valence-electron chi connectivity index (χ3n) is 6.09. The molecular formula is C22H31N3O2. The van der Waals surface area contributed by atoms with E-state index in [0.717, 1.165) is 58.5 Å². The number of nitrogens with one attached hydrogen (secondary N) is 1. The van der Waals surface area contributed by atoms with Crippen LogP contribution in [0.5, 0.6) is 0 Å². The second-order valence-corrected chi connectivity index (χ2v) is 7.89. The molecule has 1 amide bonds. The van der Waals surface area contributed by atoms with Crippen molar-refractivity contribution in [3.05, 3.63) is 36.0 Å². The molecule has 1 N–H and O–H groups in total. The lowest BCUT2D eigenvalue weighted by Crippen LogP contribution is -2.42. The summed E-state index contributed by atoms with van der Waals surface area (Å²) < 4.78 is 7.92. The summed E-state index contributed by atoms with van der Waals surface area (Å²) in [5, 5.41) is 4.47. The van der Waals surface area contributed by atoms with Crippen molar-refractivity contribution in [1.82, 2.24) is 14.8 Å². The Morgan fingerprint density at radius 1 is 1.22 bits per heavy atom. The van der Waals surface area contributed by atoms with Crippen LogP contribution in [-0.4, -0.2) is 47.7 Å². The fraction of sp³-hybridized carbons (Fsp3) is 0.591. The van der Waals surface area contributed by atoms with Crippen LogP contribution in [0.1, 0.15) is 38.2 Å². The van der Waals surface area contributed by atoms with E-state index in [-0.39, 0.29) is 17.9 Å². The molecule has 27 heavy (non-hydrogen) atoms. The molecule has 0 saturated carbocycles. The van der Waals surface area contributed by atoms with Crippen molar-refractivity contribution in [2.24, 2.45) is 5.92 Å². The molecule has 5 nitrogen and oxygen atoms in total. The zero-order valence-corrected chi connectivity index (χ0v) is 16.3. The number of aryl methyl sites for hydroxylation is 1. The average molecular weight is 370 g/mol. The zero-order chi connectivity index (χ0) is 18.6. The number of nitrogens with zero attached hydrogens (tertiary/aromatic N) is 2. The van der Waals surface area contributed by atoms with Gasteiger partial charge >= 0.3 is 0 Å². The minimum atomic E-state index is 0.152. The summed E-state index contributed by atoms with van der Waals surface area (Å²) in [4.78, 5) is 14.9. The maximum absolute atomic E-state index is 12.4. The summed E-state index contributed by atoms with van der Waals surface area (Å²) in [6.45, 7) is 7.65. The second-order valence-electron chi connectivity index (χ2n) is 7.89. The van der Waals surface area contributed by atoms with Gasteiger partial charge in [0.1, 0.15) is 0 Å². The van der Waals surface area contributed by atoms with Crippen molar-refractivity contribution in [2.45, 2.75) is 51.8 Å². The number of carbonyl (C=O) groups excluding carboxylic acids is 1. The largest absolute Gasteiger partial charge is 0.376 e. The summed E-state index contributed by atoms with van der Waals surface area (Å²) >= 11 is 0. The highest BCUT2D eigenvalue weighted by Crippen LogP contribution is 2.25. The summed E-state index contributed by atoms with van der Waals surface area (Å²) in [5.41, 5.74) is 2.71. The first-order valence-electron chi connectivity index (χ1n) is 10.4. The minimum Gasteiger partial charge on any atom is -0.376 e. The van der Waals surface area contributed by atoms with Gasteiger partial charge in [-0.2, -0.15) is 0 Å². The van der Waals surface area contributed by atoms with E-state index in [1.165, 1.54) is 16.5 Å². The molecule has 2 aromatic rings. The molecule has 2 aliphatic heterocycles. The van der Waals surface area contributed by atoms with Crippen LogP contribution in [0.25, 0.3) is 10.9 Å². The quantitative estimate of drug-likeness (QED) is 0.851. The maximum atomic E-state index is 12.4. The fourth-order valence-electron chi connectivity index (χ4n) is 4.47. The topological polar surface area (TPSA) is 46.5 Å². The summed E-state index contributed by atoms with van der Waals surface area (Å²) in [5.74, 6) is 0.368. The molecule has 0 bridgehead atoms. The molecule has 0 aliphatic carbocycles. The molecule has 1 aromatic heterocycles. The third kappa shape index (κ3) is 4.19. The number of fused-ring (bicyclic) bond motifs is 1. The van der Waals surface area contributed by atoms with Gasteiger partial charge in [0.25, 0.3) is 0 Å². The highest BCUT2D eigenvalue weighted by Gasteiger charge is 2.26. The minimum absolute atomic E-state index is 0.152. The van der Waals surface area contributed by atoms with Crippen molar-refractivity contribution < 1.29 is 9.53 Å².